The average Bonchev–Trinajstić information content (AvgIpc) is 2.92. The summed E-state index contributed by atoms with van der Waals surface area (Å²) in [6, 6.07) is 1.65. The molecule has 1 N–H and O–H groups in total. The summed E-state index contributed by atoms with van der Waals surface area (Å²) in [4.78, 5) is 21.5. The normalized spacial score (nSPS) is 17.0. The molecule has 0 atom stereocenters. The van der Waals surface area contributed by atoms with Crippen LogP contribution in [0.2, 0.25) is 0 Å². The molecule has 0 saturated carbocycles. The van der Waals surface area contributed by atoms with Gasteiger partial charge in [-0.1, -0.05) is 0 Å². The average molecular weight is 348 g/mol. The summed E-state index contributed by atoms with van der Waals surface area (Å²) >= 11 is 1.56. The predicted molar refractivity (Wildman–Crippen MR) is 92.6 cm³/mol. The number of aromatic nitrogens is 2. The van der Waals surface area contributed by atoms with Gasteiger partial charge in [0.25, 0.3) is 0 Å². The Morgan fingerprint density at radius 2 is 2.12 bits per heavy atom. The molecule has 0 bridgehead atoms. The van der Waals surface area contributed by atoms with Gasteiger partial charge in [0.05, 0.1) is 15.5 Å². The van der Waals surface area contributed by atoms with Crippen molar-refractivity contribution >= 4 is 22.8 Å². The van der Waals surface area contributed by atoms with Crippen molar-refractivity contribution in [3.8, 4) is 0 Å². The number of aryl methyl sites for hydroxylation is 2. The van der Waals surface area contributed by atoms with E-state index >= 15 is 0 Å². The summed E-state index contributed by atoms with van der Waals surface area (Å²) in [5.74, 6) is 0.396. The summed E-state index contributed by atoms with van der Waals surface area (Å²) in [5.41, 5.74) is 0.817. The molecule has 2 aromatic rings. The molecular formula is C16H20N4O3S. The van der Waals surface area contributed by atoms with E-state index in [1.807, 2.05) is 17.2 Å². The lowest BCUT2D eigenvalue weighted by molar-refractivity contribution is -0.384. The molecular weight excluding hydrogens is 328 g/mol. The van der Waals surface area contributed by atoms with Crippen molar-refractivity contribution in [1.82, 2.24) is 9.97 Å². The molecule has 1 aliphatic rings. The zero-order chi connectivity index (χ0) is 17.3. The molecule has 1 saturated heterocycles. The molecule has 7 nitrogen and oxygen atoms in total. The summed E-state index contributed by atoms with van der Waals surface area (Å²) in [7, 11) is 0. The maximum absolute atomic E-state index is 11.3. The number of thiazole rings is 1. The van der Waals surface area contributed by atoms with Crippen molar-refractivity contribution in [3.05, 3.63) is 44.0 Å². The minimum absolute atomic E-state index is 0.0542. The largest absolute Gasteiger partial charge is 0.389 e. The highest BCUT2D eigenvalue weighted by Gasteiger charge is 2.35. The lowest BCUT2D eigenvalue weighted by Gasteiger charge is -2.38. The number of hydrogen-bond acceptors (Lipinski definition) is 7. The Morgan fingerprint density at radius 1 is 1.42 bits per heavy atom. The van der Waals surface area contributed by atoms with Gasteiger partial charge in [-0.3, -0.25) is 10.1 Å². The van der Waals surface area contributed by atoms with Crippen molar-refractivity contribution in [3.63, 3.8) is 0 Å². The molecule has 0 unspecified atom stereocenters. The highest BCUT2D eigenvalue weighted by Crippen LogP contribution is 2.34. The fourth-order valence-corrected chi connectivity index (χ4v) is 3.98. The van der Waals surface area contributed by atoms with Crippen molar-refractivity contribution in [2.75, 3.05) is 18.0 Å². The minimum Gasteiger partial charge on any atom is -0.389 e. The third kappa shape index (κ3) is 3.39. The Balaban J connectivity index is 1.73. The Kier molecular flexibility index (Phi) is 4.51. The zero-order valence-corrected chi connectivity index (χ0v) is 14.5. The number of nitrogens with zero attached hydrogens (tertiary/aromatic N) is 4. The highest BCUT2D eigenvalue weighted by atomic mass is 32.1. The lowest BCUT2D eigenvalue weighted by atomic mass is 9.88. The number of nitro groups is 1. The van der Waals surface area contributed by atoms with Crippen molar-refractivity contribution in [2.24, 2.45) is 0 Å². The first-order valence-corrected chi connectivity index (χ1v) is 8.74. The van der Waals surface area contributed by atoms with Crippen LogP contribution in [0, 0.1) is 24.0 Å². The maximum atomic E-state index is 11.3. The third-order valence-electron chi connectivity index (χ3n) is 4.43. The number of piperidine rings is 1. The van der Waals surface area contributed by atoms with Crippen LogP contribution in [0.1, 0.15) is 29.1 Å². The van der Waals surface area contributed by atoms with Crippen LogP contribution in [0.25, 0.3) is 0 Å². The molecule has 24 heavy (non-hydrogen) atoms. The Bertz CT molecular complexity index is 754. The number of rotatable bonds is 4. The van der Waals surface area contributed by atoms with Crippen molar-refractivity contribution in [1.29, 1.82) is 0 Å². The fourth-order valence-electron chi connectivity index (χ4n) is 3.07. The van der Waals surface area contributed by atoms with Crippen LogP contribution in [0.5, 0.6) is 0 Å². The molecule has 0 amide bonds. The quantitative estimate of drug-likeness (QED) is 0.674. The van der Waals surface area contributed by atoms with Crippen LogP contribution in [0.3, 0.4) is 0 Å². The molecule has 128 valence electrons. The molecule has 3 rings (SSSR count). The maximum Gasteiger partial charge on any atom is 0.314 e. The second-order valence-electron chi connectivity index (χ2n) is 6.33. The van der Waals surface area contributed by atoms with E-state index in [4.69, 9.17) is 0 Å². The SMILES string of the molecule is Cc1csc(CC2(O)CCN(c3nccc(C)c3[N+](=O)[O-])CC2)n1. The Hall–Kier alpha value is -2.06. The molecule has 0 spiro atoms. The van der Waals surface area contributed by atoms with Gasteiger partial charge in [0.2, 0.25) is 5.82 Å². The number of hydrogen-bond donors (Lipinski definition) is 1. The Labute approximate surface area is 144 Å². The van der Waals surface area contributed by atoms with E-state index in [0.717, 1.165) is 10.7 Å². The van der Waals surface area contributed by atoms with Crippen LogP contribution in [0.4, 0.5) is 11.5 Å². The molecule has 1 aliphatic heterocycles. The van der Waals surface area contributed by atoms with E-state index in [1.54, 1.807) is 30.5 Å². The highest BCUT2D eigenvalue weighted by molar-refractivity contribution is 7.09. The topological polar surface area (TPSA) is 92.4 Å². The van der Waals surface area contributed by atoms with Crippen LogP contribution >= 0.6 is 11.3 Å². The van der Waals surface area contributed by atoms with Gasteiger partial charge in [-0.25, -0.2) is 9.97 Å². The summed E-state index contributed by atoms with van der Waals surface area (Å²) < 4.78 is 0. The molecule has 8 heteroatoms. The van der Waals surface area contributed by atoms with Gasteiger partial charge in [0.15, 0.2) is 0 Å². The summed E-state index contributed by atoms with van der Waals surface area (Å²) in [6.07, 6.45) is 3.20. The van der Waals surface area contributed by atoms with Crippen molar-refractivity contribution in [2.45, 2.75) is 38.7 Å². The van der Waals surface area contributed by atoms with E-state index in [1.165, 1.54) is 0 Å². The summed E-state index contributed by atoms with van der Waals surface area (Å²) in [6.45, 7) is 4.74. The second-order valence-corrected chi connectivity index (χ2v) is 7.27. The van der Waals surface area contributed by atoms with Gasteiger partial charge in [-0.15, -0.1) is 11.3 Å². The van der Waals surface area contributed by atoms with E-state index in [0.29, 0.717) is 43.7 Å². The predicted octanol–water partition coefficient (Wildman–Crippen LogP) is 2.64. The van der Waals surface area contributed by atoms with Gasteiger partial charge in [0, 0.05) is 42.3 Å². The van der Waals surface area contributed by atoms with Crippen LogP contribution < -0.4 is 4.90 Å². The monoisotopic (exact) mass is 348 g/mol. The molecule has 0 radical (unpaired) electrons. The van der Waals surface area contributed by atoms with Crippen LogP contribution in [0.15, 0.2) is 17.6 Å². The van der Waals surface area contributed by atoms with Gasteiger partial charge in [-0.05, 0) is 32.8 Å². The van der Waals surface area contributed by atoms with E-state index in [-0.39, 0.29) is 10.6 Å². The molecule has 0 aromatic carbocycles. The first kappa shape index (κ1) is 16.8. The fraction of sp³-hybridized carbons (Fsp3) is 0.500. The zero-order valence-electron chi connectivity index (χ0n) is 13.7. The van der Waals surface area contributed by atoms with Crippen LogP contribution in [-0.2, 0) is 6.42 Å². The third-order valence-corrected chi connectivity index (χ3v) is 5.40. The molecule has 1 fully saturated rings. The standard InChI is InChI=1S/C16H20N4O3S/c1-11-3-6-17-15(14(11)20(22)23)19-7-4-16(21,5-8-19)9-13-18-12(2)10-24-13/h3,6,10,21H,4-5,7-9H2,1-2H3. The second kappa shape index (κ2) is 6.45. The molecule has 3 heterocycles. The summed E-state index contributed by atoms with van der Waals surface area (Å²) in [5, 5.41) is 25.1. The molecule has 0 aliphatic carbocycles. The Morgan fingerprint density at radius 3 is 2.71 bits per heavy atom. The van der Waals surface area contributed by atoms with Gasteiger partial charge < -0.3 is 10.0 Å². The minimum atomic E-state index is -0.806. The number of aliphatic hydroxyl groups is 1. The first-order valence-electron chi connectivity index (χ1n) is 7.86. The molecule has 2 aromatic heterocycles. The van der Waals surface area contributed by atoms with Gasteiger partial charge in [-0.2, -0.15) is 0 Å². The number of pyridine rings is 1. The van der Waals surface area contributed by atoms with Crippen LogP contribution in [-0.4, -0.2) is 38.7 Å². The van der Waals surface area contributed by atoms with E-state index in [9.17, 15) is 15.2 Å². The van der Waals surface area contributed by atoms with E-state index in [2.05, 4.69) is 9.97 Å². The smallest absolute Gasteiger partial charge is 0.314 e. The lowest BCUT2D eigenvalue weighted by Crippen LogP contribution is -2.46. The van der Waals surface area contributed by atoms with E-state index < -0.39 is 5.60 Å². The van der Waals surface area contributed by atoms with Gasteiger partial charge in [0.1, 0.15) is 0 Å². The first-order chi connectivity index (χ1) is 11.4. The van der Waals surface area contributed by atoms with Crippen molar-refractivity contribution < 1.29 is 10.0 Å². The number of anilines is 1. The van der Waals surface area contributed by atoms with Gasteiger partial charge >= 0.3 is 5.69 Å².